The van der Waals surface area contributed by atoms with Crippen LogP contribution in [0, 0.1) is 0 Å². The van der Waals surface area contributed by atoms with E-state index in [2.05, 4.69) is 33.9 Å². The van der Waals surface area contributed by atoms with Crippen LogP contribution in [0.4, 0.5) is 5.69 Å². The summed E-state index contributed by atoms with van der Waals surface area (Å²) in [5, 5.41) is 0.816. The molecule has 0 amide bonds. The molecule has 2 saturated heterocycles. The predicted molar refractivity (Wildman–Crippen MR) is 85.8 cm³/mol. The molecule has 0 saturated carbocycles. The fourth-order valence-electron chi connectivity index (χ4n) is 3.35. The number of likely N-dealkylation sites (tertiary alicyclic amines) is 1. The first kappa shape index (κ1) is 14.2. The molecule has 1 atom stereocenters. The smallest absolute Gasteiger partial charge is 0.0407 e. The summed E-state index contributed by atoms with van der Waals surface area (Å²) in [6, 6.07) is 9.00. The molecule has 3 nitrogen and oxygen atoms in total. The van der Waals surface area contributed by atoms with Gasteiger partial charge in [0, 0.05) is 49.5 Å². The minimum absolute atomic E-state index is 0.775. The van der Waals surface area contributed by atoms with Crippen LogP contribution in [0.3, 0.4) is 0 Å². The molecule has 2 aliphatic heterocycles. The van der Waals surface area contributed by atoms with Crippen molar-refractivity contribution in [2.45, 2.75) is 18.9 Å². The van der Waals surface area contributed by atoms with Crippen molar-refractivity contribution >= 4 is 17.3 Å². The van der Waals surface area contributed by atoms with Crippen molar-refractivity contribution in [3.63, 3.8) is 0 Å². The van der Waals surface area contributed by atoms with E-state index in [9.17, 15) is 0 Å². The normalized spacial score (nSPS) is 25.3. The van der Waals surface area contributed by atoms with Gasteiger partial charge in [0.05, 0.1) is 0 Å². The second-order valence-electron chi connectivity index (χ2n) is 6.04. The lowest BCUT2D eigenvalue weighted by Crippen LogP contribution is -2.50. The Morgan fingerprint density at radius 2 is 1.75 bits per heavy atom. The molecule has 2 heterocycles. The second kappa shape index (κ2) is 6.33. The third-order valence-corrected chi connectivity index (χ3v) is 4.96. The summed E-state index contributed by atoms with van der Waals surface area (Å²) in [4.78, 5) is 7.61. The Kier molecular flexibility index (Phi) is 4.49. The lowest BCUT2D eigenvalue weighted by atomic mass is 10.2. The molecule has 0 aliphatic carbocycles. The highest BCUT2D eigenvalue weighted by Gasteiger charge is 2.25. The number of rotatable bonds is 3. The van der Waals surface area contributed by atoms with Crippen molar-refractivity contribution < 1.29 is 0 Å². The number of likely N-dealkylation sites (N-methyl/N-ethyl adjacent to an activating group) is 1. The van der Waals surface area contributed by atoms with Crippen LogP contribution in [0.25, 0.3) is 0 Å². The van der Waals surface area contributed by atoms with Gasteiger partial charge >= 0.3 is 0 Å². The van der Waals surface area contributed by atoms with Gasteiger partial charge in [-0.2, -0.15) is 0 Å². The number of halogens is 1. The summed E-state index contributed by atoms with van der Waals surface area (Å²) in [5.74, 6) is 0. The van der Waals surface area contributed by atoms with E-state index in [1.165, 1.54) is 44.7 Å². The first-order valence-electron chi connectivity index (χ1n) is 7.65. The summed E-state index contributed by atoms with van der Waals surface area (Å²) in [6.07, 6.45) is 2.74. The maximum atomic E-state index is 5.95. The minimum Gasteiger partial charge on any atom is -0.369 e. The van der Waals surface area contributed by atoms with Gasteiger partial charge in [-0.3, -0.25) is 4.90 Å². The first-order valence-corrected chi connectivity index (χ1v) is 8.03. The predicted octanol–water partition coefficient (Wildman–Crippen LogP) is 2.56. The molecule has 4 heteroatoms. The van der Waals surface area contributed by atoms with Crippen molar-refractivity contribution in [2.75, 3.05) is 51.2 Å². The summed E-state index contributed by atoms with van der Waals surface area (Å²) in [7, 11) is 2.27. The van der Waals surface area contributed by atoms with Crippen molar-refractivity contribution in [1.82, 2.24) is 9.80 Å². The fourth-order valence-corrected chi connectivity index (χ4v) is 3.47. The summed E-state index contributed by atoms with van der Waals surface area (Å²) in [5.41, 5.74) is 1.30. The molecule has 20 heavy (non-hydrogen) atoms. The van der Waals surface area contributed by atoms with Crippen LogP contribution < -0.4 is 4.90 Å². The van der Waals surface area contributed by atoms with Crippen LogP contribution in [0.15, 0.2) is 24.3 Å². The molecule has 1 aromatic carbocycles. The highest BCUT2D eigenvalue weighted by molar-refractivity contribution is 6.30. The van der Waals surface area contributed by atoms with E-state index in [-0.39, 0.29) is 0 Å². The van der Waals surface area contributed by atoms with Gasteiger partial charge in [-0.15, -0.1) is 0 Å². The van der Waals surface area contributed by atoms with Crippen LogP contribution in [0.2, 0.25) is 5.02 Å². The fraction of sp³-hybridized carbons (Fsp3) is 0.625. The van der Waals surface area contributed by atoms with E-state index in [0.717, 1.165) is 24.2 Å². The standard InChI is InChI=1S/C16H24ClN3/c1-18-8-2-3-16(18)13-19-9-11-20(12-10-19)15-6-4-14(17)5-7-15/h4-7,16H,2-3,8-13H2,1H3. The Bertz CT molecular complexity index is 426. The molecule has 0 radical (unpaired) electrons. The van der Waals surface area contributed by atoms with Crippen LogP contribution in [-0.4, -0.2) is 62.2 Å². The Hall–Kier alpha value is -0.770. The molecule has 2 aliphatic rings. The lowest BCUT2D eigenvalue weighted by Gasteiger charge is -2.38. The van der Waals surface area contributed by atoms with Crippen LogP contribution in [0.5, 0.6) is 0 Å². The van der Waals surface area contributed by atoms with E-state index in [0.29, 0.717) is 0 Å². The number of nitrogens with zero attached hydrogens (tertiary/aromatic N) is 3. The molecule has 110 valence electrons. The highest BCUT2D eigenvalue weighted by Crippen LogP contribution is 2.21. The van der Waals surface area contributed by atoms with Gasteiger partial charge in [-0.25, -0.2) is 0 Å². The van der Waals surface area contributed by atoms with Crippen LogP contribution in [-0.2, 0) is 0 Å². The average Bonchev–Trinajstić information content (AvgIpc) is 2.86. The number of hydrogen-bond donors (Lipinski definition) is 0. The quantitative estimate of drug-likeness (QED) is 0.848. The molecular weight excluding hydrogens is 270 g/mol. The van der Waals surface area contributed by atoms with Crippen LogP contribution in [0.1, 0.15) is 12.8 Å². The molecule has 2 fully saturated rings. The van der Waals surface area contributed by atoms with E-state index < -0.39 is 0 Å². The Balaban J connectivity index is 1.50. The second-order valence-corrected chi connectivity index (χ2v) is 6.48. The van der Waals surface area contributed by atoms with Crippen molar-refractivity contribution in [3.05, 3.63) is 29.3 Å². The third kappa shape index (κ3) is 3.27. The number of hydrogen-bond acceptors (Lipinski definition) is 3. The largest absolute Gasteiger partial charge is 0.369 e. The zero-order chi connectivity index (χ0) is 13.9. The van der Waals surface area contributed by atoms with Crippen molar-refractivity contribution in [3.8, 4) is 0 Å². The van der Waals surface area contributed by atoms with Gasteiger partial charge in [0.2, 0.25) is 0 Å². The summed E-state index contributed by atoms with van der Waals surface area (Å²) in [6.45, 7) is 7.11. The Morgan fingerprint density at radius 1 is 1.05 bits per heavy atom. The SMILES string of the molecule is CN1CCCC1CN1CCN(c2ccc(Cl)cc2)CC1. The summed E-state index contributed by atoms with van der Waals surface area (Å²) < 4.78 is 0. The molecule has 3 rings (SSSR count). The van der Waals surface area contributed by atoms with E-state index in [4.69, 9.17) is 11.6 Å². The van der Waals surface area contributed by atoms with Crippen molar-refractivity contribution in [1.29, 1.82) is 0 Å². The molecule has 0 bridgehead atoms. The van der Waals surface area contributed by atoms with Gasteiger partial charge in [-0.05, 0) is 50.7 Å². The van der Waals surface area contributed by atoms with Gasteiger partial charge in [0.1, 0.15) is 0 Å². The monoisotopic (exact) mass is 293 g/mol. The van der Waals surface area contributed by atoms with E-state index in [1.807, 2.05) is 12.1 Å². The molecule has 0 spiro atoms. The topological polar surface area (TPSA) is 9.72 Å². The number of anilines is 1. The zero-order valence-electron chi connectivity index (χ0n) is 12.3. The van der Waals surface area contributed by atoms with Gasteiger partial charge in [0.25, 0.3) is 0 Å². The Labute approximate surface area is 127 Å². The number of benzene rings is 1. The Morgan fingerprint density at radius 3 is 2.35 bits per heavy atom. The molecular formula is C16H24ClN3. The van der Waals surface area contributed by atoms with E-state index in [1.54, 1.807) is 0 Å². The first-order chi connectivity index (χ1) is 9.72. The summed E-state index contributed by atoms with van der Waals surface area (Å²) >= 11 is 5.95. The minimum atomic E-state index is 0.775. The molecule has 1 unspecified atom stereocenters. The maximum absolute atomic E-state index is 5.95. The van der Waals surface area contributed by atoms with Gasteiger partial charge < -0.3 is 9.80 Å². The van der Waals surface area contributed by atoms with Gasteiger partial charge in [-0.1, -0.05) is 11.6 Å². The van der Waals surface area contributed by atoms with E-state index >= 15 is 0 Å². The van der Waals surface area contributed by atoms with Crippen LogP contribution >= 0.6 is 11.6 Å². The highest BCUT2D eigenvalue weighted by atomic mass is 35.5. The number of piperazine rings is 1. The third-order valence-electron chi connectivity index (χ3n) is 4.70. The maximum Gasteiger partial charge on any atom is 0.0407 e. The zero-order valence-corrected chi connectivity index (χ0v) is 13.0. The average molecular weight is 294 g/mol. The van der Waals surface area contributed by atoms with Gasteiger partial charge in [0.15, 0.2) is 0 Å². The lowest BCUT2D eigenvalue weighted by molar-refractivity contribution is 0.185. The molecule has 1 aromatic rings. The molecule has 0 aromatic heterocycles. The molecule has 0 N–H and O–H groups in total. The van der Waals surface area contributed by atoms with Crippen molar-refractivity contribution in [2.24, 2.45) is 0 Å².